The summed E-state index contributed by atoms with van der Waals surface area (Å²) >= 11 is 0. The van der Waals surface area contributed by atoms with E-state index >= 15 is 0 Å². The van der Waals surface area contributed by atoms with E-state index in [1.54, 1.807) is 12.4 Å². The largest absolute Gasteiger partial charge is 0.397 e. The van der Waals surface area contributed by atoms with Crippen LogP contribution in [0.3, 0.4) is 0 Å². The van der Waals surface area contributed by atoms with Gasteiger partial charge in [0.25, 0.3) is 0 Å². The molecule has 2 N–H and O–H groups in total. The number of hydrogen-bond donors (Lipinski definition) is 1. The van der Waals surface area contributed by atoms with Gasteiger partial charge in [-0.1, -0.05) is 18.2 Å². The first-order valence-electron chi connectivity index (χ1n) is 8.38. The molecule has 2 heterocycles. The van der Waals surface area contributed by atoms with Gasteiger partial charge in [0.05, 0.1) is 11.4 Å². The number of aromatic nitrogens is 2. The molecule has 1 aliphatic rings. The Morgan fingerprint density at radius 1 is 0.880 bits per heavy atom. The summed E-state index contributed by atoms with van der Waals surface area (Å²) in [5, 5.41) is 0. The molecule has 5 heteroatoms. The molecular weight excluding hydrogens is 310 g/mol. The quantitative estimate of drug-likeness (QED) is 0.709. The second-order valence-corrected chi connectivity index (χ2v) is 6.48. The zero-order chi connectivity index (χ0) is 17.6. The number of aryl methyl sites for hydroxylation is 2. The van der Waals surface area contributed by atoms with Crippen molar-refractivity contribution in [1.82, 2.24) is 9.97 Å². The Kier molecular flexibility index (Phi) is 3.57. The first-order valence-corrected chi connectivity index (χ1v) is 8.38. The molecule has 0 fully saturated rings. The molecule has 1 atom stereocenters. The Hall–Kier alpha value is -3.08. The van der Waals surface area contributed by atoms with Crippen LogP contribution in [-0.2, 0) is 0 Å². The van der Waals surface area contributed by atoms with Gasteiger partial charge in [0.2, 0.25) is 0 Å². The van der Waals surface area contributed by atoms with Crippen LogP contribution < -0.4 is 15.5 Å². The summed E-state index contributed by atoms with van der Waals surface area (Å²) in [5.74, 6) is 1.68. The molecular formula is C20H21N5. The third kappa shape index (κ3) is 2.48. The first-order chi connectivity index (χ1) is 12.1. The number of benzene rings is 2. The minimum absolute atomic E-state index is 0.0169. The van der Waals surface area contributed by atoms with Crippen molar-refractivity contribution in [2.75, 3.05) is 15.5 Å². The molecule has 0 bridgehead atoms. The number of anilines is 5. The van der Waals surface area contributed by atoms with Crippen molar-refractivity contribution >= 4 is 28.7 Å². The van der Waals surface area contributed by atoms with E-state index in [9.17, 15) is 0 Å². The highest BCUT2D eigenvalue weighted by Crippen LogP contribution is 2.46. The van der Waals surface area contributed by atoms with E-state index in [2.05, 4.69) is 58.7 Å². The molecule has 126 valence electrons. The maximum Gasteiger partial charge on any atom is 0.178 e. The summed E-state index contributed by atoms with van der Waals surface area (Å²) in [7, 11) is 0. The van der Waals surface area contributed by atoms with Crippen LogP contribution in [0.4, 0.5) is 28.7 Å². The van der Waals surface area contributed by atoms with E-state index in [0.29, 0.717) is 0 Å². The molecule has 0 amide bonds. The molecule has 1 aromatic heterocycles. The Balaban J connectivity index is 1.90. The fraction of sp³-hybridized carbons (Fsp3) is 0.200. The number of fused-ring (bicyclic) bond motifs is 1. The molecule has 5 nitrogen and oxygen atoms in total. The number of nitrogen functional groups attached to an aromatic ring is 1. The Labute approximate surface area is 147 Å². The molecule has 4 rings (SSSR count). The highest BCUT2D eigenvalue weighted by atomic mass is 15.5. The van der Waals surface area contributed by atoms with E-state index in [0.717, 1.165) is 28.7 Å². The third-order valence-corrected chi connectivity index (χ3v) is 4.54. The standard InChI is InChI=1S/C20H21N5/c1-13-10-14(2)12-16(11-13)24-15(3)25(18-7-5-4-6-17(18)21)20-19(24)22-8-9-23-20/h4-12,15H,21H2,1-3H3. The van der Waals surface area contributed by atoms with Crippen LogP contribution in [0.15, 0.2) is 54.9 Å². The highest BCUT2D eigenvalue weighted by Gasteiger charge is 2.37. The number of nitrogens with zero attached hydrogens (tertiary/aromatic N) is 4. The van der Waals surface area contributed by atoms with Crippen molar-refractivity contribution in [3.8, 4) is 0 Å². The molecule has 1 unspecified atom stereocenters. The zero-order valence-corrected chi connectivity index (χ0v) is 14.6. The van der Waals surface area contributed by atoms with Gasteiger partial charge in [-0.15, -0.1) is 0 Å². The molecule has 25 heavy (non-hydrogen) atoms. The van der Waals surface area contributed by atoms with Crippen molar-refractivity contribution < 1.29 is 0 Å². The Morgan fingerprint density at radius 3 is 2.12 bits per heavy atom. The second kappa shape index (κ2) is 5.77. The average Bonchev–Trinajstić information content (AvgIpc) is 2.86. The second-order valence-electron chi connectivity index (χ2n) is 6.48. The first kappa shape index (κ1) is 15.4. The van der Waals surface area contributed by atoms with Gasteiger partial charge in [0.15, 0.2) is 11.6 Å². The van der Waals surface area contributed by atoms with E-state index in [1.807, 2.05) is 24.3 Å². The lowest BCUT2D eigenvalue weighted by Crippen LogP contribution is -2.36. The molecule has 0 spiro atoms. The van der Waals surface area contributed by atoms with Crippen molar-refractivity contribution in [3.05, 3.63) is 66.0 Å². The van der Waals surface area contributed by atoms with Crippen LogP contribution in [0, 0.1) is 13.8 Å². The van der Waals surface area contributed by atoms with E-state index in [4.69, 9.17) is 5.73 Å². The highest BCUT2D eigenvalue weighted by molar-refractivity contribution is 5.86. The van der Waals surface area contributed by atoms with Gasteiger partial charge in [0.1, 0.15) is 6.17 Å². The number of para-hydroxylation sites is 2. The average molecular weight is 331 g/mol. The Bertz CT molecular complexity index is 917. The van der Waals surface area contributed by atoms with Gasteiger partial charge in [-0.25, -0.2) is 9.97 Å². The van der Waals surface area contributed by atoms with Gasteiger partial charge in [-0.05, 0) is 56.2 Å². The summed E-state index contributed by atoms with van der Waals surface area (Å²) in [6.45, 7) is 6.37. The third-order valence-electron chi connectivity index (χ3n) is 4.54. The lowest BCUT2D eigenvalue weighted by atomic mass is 10.1. The summed E-state index contributed by atoms with van der Waals surface area (Å²) < 4.78 is 0. The molecule has 0 aliphatic carbocycles. The number of nitrogens with two attached hydrogens (primary N) is 1. The predicted molar refractivity (Wildman–Crippen MR) is 103 cm³/mol. The van der Waals surface area contributed by atoms with Crippen molar-refractivity contribution in [3.63, 3.8) is 0 Å². The molecule has 0 saturated carbocycles. The minimum Gasteiger partial charge on any atom is -0.397 e. The van der Waals surface area contributed by atoms with Crippen LogP contribution >= 0.6 is 0 Å². The summed E-state index contributed by atoms with van der Waals surface area (Å²) in [6.07, 6.45) is 3.48. The topological polar surface area (TPSA) is 58.3 Å². The van der Waals surface area contributed by atoms with Crippen molar-refractivity contribution in [2.24, 2.45) is 0 Å². The van der Waals surface area contributed by atoms with Crippen molar-refractivity contribution in [2.45, 2.75) is 26.9 Å². The zero-order valence-electron chi connectivity index (χ0n) is 14.6. The molecule has 3 aromatic rings. The fourth-order valence-corrected chi connectivity index (χ4v) is 3.58. The van der Waals surface area contributed by atoms with Gasteiger partial charge in [0, 0.05) is 18.1 Å². The Morgan fingerprint density at radius 2 is 1.48 bits per heavy atom. The summed E-state index contributed by atoms with van der Waals surface area (Å²) in [5.41, 5.74) is 11.5. The van der Waals surface area contributed by atoms with Crippen LogP contribution in [0.1, 0.15) is 18.1 Å². The molecule has 0 saturated heterocycles. The van der Waals surface area contributed by atoms with Gasteiger partial charge >= 0.3 is 0 Å². The number of rotatable bonds is 2. The SMILES string of the molecule is Cc1cc(C)cc(N2c3nccnc3N(c3ccccc3N)C2C)c1. The maximum atomic E-state index is 6.24. The van der Waals surface area contributed by atoms with Crippen LogP contribution in [0.25, 0.3) is 0 Å². The van der Waals surface area contributed by atoms with Crippen molar-refractivity contribution in [1.29, 1.82) is 0 Å². The van der Waals surface area contributed by atoms with Crippen LogP contribution in [0.2, 0.25) is 0 Å². The molecule has 1 aliphatic heterocycles. The smallest absolute Gasteiger partial charge is 0.178 e. The van der Waals surface area contributed by atoms with E-state index in [-0.39, 0.29) is 6.17 Å². The lowest BCUT2D eigenvalue weighted by Gasteiger charge is -2.30. The predicted octanol–water partition coefficient (Wildman–Crippen LogP) is 4.31. The maximum absolute atomic E-state index is 6.24. The summed E-state index contributed by atoms with van der Waals surface area (Å²) in [6, 6.07) is 14.4. The number of hydrogen-bond acceptors (Lipinski definition) is 5. The summed E-state index contributed by atoms with van der Waals surface area (Å²) in [4.78, 5) is 13.6. The van der Waals surface area contributed by atoms with Gasteiger partial charge < -0.3 is 15.5 Å². The van der Waals surface area contributed by atoms with Gasteiger partial charge in [-0.2, -0.15) is 0 Å². The molecule has 2 aromatic carbocycles. The van der Waals surface area contributed by atoms with Gasteiger partial charge in [-0.3, -0.25) is 0 Å². The lowest BCUT2D eigenvalue weighted by molar-refractivity contribution is 0.754. The van der Waals surface area contributed by atoms with Crippen LogP contribution in [0.5, 0.6) is 0 Å². The fourth-order valence-electron chi connectivity index (χ4n) is 3.58. The van der Waals surface area contributed by atoms with E-state index < -0.39 is 0 Å². The monoisotopic (exact) mass is 331 g/mol. The van der Waals surface area contributed by atoms with E-state index in [1.165, 1.54) is 11.1 Å². The molecule has 0 radical (unpaired) electrons. The normalized spacial score (nSPS) is 16.2. The minimum atomic E-state index is 0.0169. The van der Waals surface area contributed by atoms with Crippen LogP contribution in [-0.4, -0.2) is 16.1 Å².